The fraction of sp³-hybridized carbons (Fsp3) is 0.250. The second-order valence-electron chi connectivity index (χ2n) is 4.37. The van der Waals surface area contributed by atoms with E-state index in [-0.39, 0.29) is 12.4 Å². The standard InChI is InChI=1S/C12H13ClFN3OS/c1-19(2,18)16-9-6-15-17(7-9)8-10-11(13)4-3-5-12(10)14/h3-7H,8H2,1-2H3. The van der Waals surface area contributed by atoms with Gasteiger partial charge in [-0.2, -0.15) is 9.46 Å². The number of nitrogens with zero attached hydrogens (tertiary/aromatic N) is 3. The van der Waals surface area contributed by atoms with Crippen LogP contribution >= 0.6 is 11.6 Å². The maximum atomic E-state index is 13.6. The van der Waals surface area contributed by atoms with Gasteiger partial charge in [0.2, 0.25) is 0 Å². The molecule has 0 bridgehead atoms. The van der Waals surface area contributed by atoms with Crippen molar-refractivity contribution < 1.29 is 8.60 Å². The number of benzene rings is 1. The molecule has 0 amide bonds. The van der Waals surface area contributed by atoms with Gasteiger partial charge in [-0.3, -0.25) is 4.68 Å². The number of halogens is 2. The molecule has 1 aromatic carbocycles. The molecule has 0 N–H and O–H groups in total. The third-order valence-corrected chi connectivity index (χ3v) is 3.33. The highest BCUT2D eigenvalue weighted by atomic mass is 35.5. The van der Waals surface area contributed by atoms with Gasteiger partial charge in [0.15, 0.2) is 0 Å². The van der Waals surface area contributed by atoms with E-state index in [1.54, 1.807) is 18.3 Å². The smallest absolute Gasteiger partial charge is 0.129 e. The van der Waals surface area contributed by atoms with Gasteiger partial charge in [0, 0.05) is 32.8 Å². The van der Waals surface area contributed by atoms with Crippen molar-refractivity contribution in [1.29, 1.82) is 0 Å². The van der Waals surface area contributed by atoms with E-state index in [1.807, 2.05) is 0 Å². The summed E-state index contributed by atoms with van der Waals surface area (Å²) < 4.78 is 30.7. The van der Waals surface area contributed by atoms with Gasteiger partial charge < -0.3 is 0 Å². The molecule has 4 nitrogen and oxygen atoms in total. The monoisotopic (exact) mass is 301 g/mol. The fourth-order valence-corrected chi connectivity index (χ4v) is 2.41. The summed E-state index contributed by atoms with van der Waals surface area (Å²) in [5.41, 5.74) is 0.870. The lowest BCUT2D eigenvalue weighted by atomic mass is 10.2. The molecule has 0 radical (unpaired) electrons. The summed E-state index contributed by atoms with van der Waals surface area (Å²) in [4.78, 5) is 0. The Morgan fingerprint density at radius 1 is 1.47 bits per heavy atom. The van der Waals surface area contributed by atoms with Crippen LogP contribution in [0.3, 0.4) is 0 Å². The van der Waals surface area contributed by atoms with Crippen LogP contribution in [0.15, 0.2) is 35.0 Å². The van der Waals surface area contributed by atoms with E-state index in [9.17, 15) is 8.60 Å². The molecule has 0 atom stereocenters. The predicted molar refractivity (Wildman–Crippen MR) is 74.8 cm³/mol. The van der Waals surface area contributed by atoms with E-state index >= 15 is 0 Å². The summed E-state index contributed by atoms with van der Waals surface area (Å²) in [7, 11) is -2.23. The largest absolute Gasteiger partial charge is 0.266 e. The topological polar surface area (TPSA) is 47.2 Å². The van der Waals surface area contributed by atoms with Crippen molar-refractivity contribution in [3.63, 3.8) is 0 Å². The SMILES string of the molecule is CS(C)(=O)=Nc1cnn(Cc2c(F)cccc2Cl)c1. The molecule has 102 valence electrons. The van der Waals surface area contributed by atoms with Crippen molar-refractivity contribution in [2.75, 3.05) is 12.5 Å². The molecule has 0 aliphatic rings. The molecule has 0 aliphatic carbocycles. The molecule has 0 saturated heterocycles. The Bertz CT molecular complexity index is 691. The van der Waals surface area contributed by atoms with Crippen LogP contribution in [0.5, 0.6) is 0 Å². The lowest BCUT2D eigenvalue weighted by molar-refractivity contribution is 0.585. The zero-order valence-electron chi connectivity index (χ0n) is 10.5. The highest BCUT2D eigenvalue weighted by Crippen LogP contribution is 2.21. The van der Waals surface area contributed by atoms with Gasteiger partial charge in [-0.15, -0.1) is 0 Å². The highest BCUT2D eigenvalue weighted by Gasteiger charge is 2.08. The van der Waals surface area contributed by atoms with Crippen LogP contribution in [-0.4, -0.2) is 26.5 Å². The molecule has 0 aliphatic heterocycles. The minimum Gasteiger partial charge on any atom is -0.266 e. The van der Waals surface area contributed by atoms with Gasteiger partial charge in [0.25, 0.3) is 0 Å². The summed E-state index contributed by atoms with van der Waals surface area (Å²) in [6, 6.07) is 4.52. The Morgan fingerprint density at radius 2 is 2.21 bits per heavy atom. The quantitative estimate of drug-likeness (QED) is 0.874. The average molecular weight is 302 g/mol. The van der Waals surface area contributed by atoms with Crippen LogP contribution < -0.4 is 0 Å². The Kier molecular flexibility index (Phi) is 3.91. The van der Waals surface area contributed by atoms with Crippen LogP contribution in [0, 0.1) is 5.82 Å². The molecule has 0 spiro atoms. The molecule has 2 aromatic rings. The number of hydrogen-bond donors (Lipinski definition) is 0. The van der Waals surface area contributed by atoms with Crippen molar-refractivity contribution in [2.45, 2.75) is 6.54 Å². The third-order valence-electron chi connectivity index (χ3n) is 2.33. The van der Waals surface area contributed by atoms with Crippen LogP contribution in [0.1, 0.15) is 5.56 Å². The number of hydrogen-bond acceptors (Lipinski definition) is 3. The molecule has 1 heterocycles. The van der Waals surface area contributed by atoms with Crippen molar-refractivity contribution in [3.05, 3.63) is 47.0 Å². The van der Waals surface area contributed by atoms with Gasteiger partial charge in [0.05, 0.1) is 18.9 Å². The first-order valence-corrected chi connectivity index (χ1v) is 8.18. The lowest BCUT2D eigenvalue weighted by Crippen LogP contribution is -2.02. The van der Waals surface area contributed by atoms with Crippen LogP contribution in [0.25, 0.3) is 0 Å². The Balaban J connectivity index is 2.29. The Hall–Kier alpha value is -1.40. The second kappa shape index (κ2) is 5.30. The van der Waals surface area contributed by atoms with Crippen molar-refractivity contribution >= 4 is 27.0 Å². The molecule has 2 rings (SSSR count). The van der Waals surface area contributed by atoms with E-state index in [2.05, 4.69) is 9.46 Å². The normalized spacial score (nSPS) is 11.6. The molecule has 0 fully saturated rings. The van der Waals surface area contributed by atoms with Crippen molar-refractivity contribution in [1.82, 2.24) is 9.78 Å². The zero-order chi connectivity index (χ0) is 14.0. The van der Waals surface area contributed by atoms with Gasteiger partial charge in [-0.05, 0) is 12.1 Å². The first-order chi connectivity index (χ1) is 8.85. The first-order valence-electron chi connectivity index (χ1n) is 5.47. The van der Waals surface area contributed by atoms with Crippen LogP contribution in [-0.2, 0) is 16.3 Å². The summed E-state index contributed by atoms with van der Waals surface area (Å²) in [5, 5.41) is 4.40. The molecule has 7 heteroatoms. The predicted octanol–water partition coefficient (Wildman–Crippen LogP) is 3.08. The van der Waals surface area contributed by atoms with Gasteiger partial charge >= 0.3 is 0 Å². The second-order valence-corrected chi connectivity index (χ2v) is 7.32. The third kappa shape index (κ3) is 3.78. The molecular weight excluding hydrogens is 289 g/mol. The van der Waals surface area contributed by atoms with Gasteiger partial charge in [-0.25, -0.2) is 8.60 Å². The van der Waals surface area contributed by atoms with Gasteiger partial charge in [0.1, 0.15) is 11.5 Å². The molecule has 1 aromatic heterocycles. The van der Waals surface area contributed by atoms with Crippen LogP contribution in [0.2, 0.25) is 5.02 Å². The van der Waals surface area contributed by atoms with E-state index < -0.39 is 9.73 Å². The van der Waals surface area contributed by atoms with Gasteiger partial charge in [-0.1, -0.05) is 17.7 Å². The Labute approximate surface area is 116 Å². The number of rotatable bonds is 3. The maximum Gasteiger partial charge on any atom is 0.129 e. The summed E-state index contributed by atoms with van der Waals surface area (Å²) in [5.74, 6) is -0.378. The zero-order valence-corrected chi connectivity index (χ0v) is 12.1. The maximum absolute atomic E-state index is 13.6. The molecule has 0 unspecified atom stereocenters. The summed E-state index contributed by atoms with van der Waals surface area (Å²) in [6.45, 7) is 0.204. The minimum absolute atomic E-state index is 0.204. The summed E-state index contributed by atoms with van der Waals surface area (Å²) in [6.07, 6.45) is 6.17. The number of aromatic nitrogens is 2. The van der Waals surface area contributed by atoms with Crippen molar-refractivity contribution in [2.24, 2.45) is 4.36 Å². The molecule has 0 saturated carbocycles. The first kappa shape index (κ1) is 14.0. The summed E-state index contributed by atoms with van der Waals surface area (Å²) >= 11 is 5.94. The van der Waals surface area contributed by atoms with Crippen LogP contribution in [0.4, 0.5) is 10.1 Å². The fourth-order valence-electron chi connectivity index (χ4n) is 1.59. The van der Waals surface area contributed by atoms with E-state index in [0.29, 0.717) is 16.3 Å². The Morgan fingerprint density at radius 3 is 2.84 bits per heavy atom. The lowest BCUT2D eigenvalue weighted by Gasteiger charge is -2.05. The van der Waals surface area contributed by atoms with Crippen molar-refractivity contribution in [3.8, 4) is 0 Å². The minimum atomic E-state index is -2.23. The van der Waals surface area contributed by atoms with E-state index in [0.717, 1.165) is 0 Å². The molecule has 19 heavy (non-hydrogen) atoms. The molecular formula is C12H13ClFN3OS. The van der Waals surface area contributed by atoms with E-state index in [4.69, 9.17) is 11.6 Å². The highest BCUT2D eigenvalue weighted by molar-refractivity contribution is 7.92. The van der Waals surface area contributed by atoms with E-state index in [1.165, 1.54) is 29.5 Å². The average Bonchev–Trinajstić information content (AvgIpc) is 2.69.